The lowest BCUT2D eigenvalue weighted by molar-refractivity contribution is -0.110. The Hall–Kier alpha value is -5.92. The number of aromatic nitrogens is 2. The van der Waals surface area contributed by atoms with Crippen LogP contribution in [0.3, 0.4) is 0 Å². The van der Waals surface area contributed by atoms with Gasteiger partial charge in [0.2, 0.25) is 0 Å². The fourth-order valence-corrected chi connectivity index (χ4v) is 4.54. The van der Waals surface area contributed by atoms with Crippen molar-refractivity contribution in [1.82, 2.24) is 15.3 Å². The van der Waals surface area contributed by atoms with E-state index in [0.717, 1.165) is 6.07 Å². The maximum absolute atomic E-state index is 13.6. The molecule has 0 aliphatic carbocycles. The van der Waals surface area contributed by atoms with E-state index >= 15 is 0 Å². The van der Waals surface area contributed by atoms with Gasteiger partial charge in [-0.25, -0.2) is 13.8 Å². The van der Waals surface area contributed by atoms with Gasteiger partial charge in [-0.15, -0.1) is 5.10 Å². The summed E-state index contributed by atoms with van der Waals surface area (Å²) in [5, 5.41) is 19.1. The SMILES string of the molecule is Cc1[nH]c(C=NN=C2C(=O)Nc3ccc(F)cc32)c(C)c1C(=O)NCCNc1ccc(C(=O)Nc2ccc(F)cc2N)cn1. The summed E-state index contributed by atoms with van der Waals surface area (Å²) < 4.78 is 26.9. The minimum absolute atomic E-state index is 0.00951. The highest BCUT2D eigenvalue weighted by molar-refractivity contribution is 6.53. The summed E-state index contributed by atoms with van der Waals surface area (Å²) in [4.78, 5) is 44.9. The molecule has 0 unspecified atom stereocenters. The van der Waals surface area contributed by atoms with Crippen LogP contribution in [0, 0.1) is 25.5 Å². The number of nitrogens with zero attached hydrogens (tertiary/aromatic N) is 3. The molecule has 224 valence electrons. The van der Waals surface area contributed by atoms with E-state index in [9.17, 15) is 23.2 Å². The zero-order chi connectivity index (χ0) is 31.4. The number of hydrogen-bond acceptors (Lipinski definition) is 8. The second-order valence-corrected chi connectivity index (χ2v) is 9.80. The number of benzene rings is 2. The van der Waals surface area contributed by atoms with Crippen molar-refractivity contribution in [2.24, 2.45) is 10.2 Å². The number of nitrogen functional groups attached to an aromatic ring is 1. The number of amides is 3. The maximum atomic E-state index is 13.6. The van der Waals surface area contributed by atoms with Crippen molar-refractivity contribution in [3.63, 3.8) is 0 Å². The Bertz CT molecular complexity index is 1830. The number of H-pyrrole nitrogens is 1. The normalized spacial score (nSPS) is 13.2. The Kier molecular flexibility index (Phi) is 8.42. The van der Waals surface area contributed by atoms with Crippen molar-refractivity contribution >= 4 is 52.5 Å². The average molecular weight is 600 g/mol. The van der Waals surface area contributed by atoms with Crippen molar-refractivity contribution in [3.8, 4) is 0 Å². The third-order valence-electron chi connectivity index (χ3n) is 6.75. The summed E-state index contributed by atoms with van der Waals surface area (Å²) in [5.41, 5.74) is 9.41. The molecule has 0 saturated heterocycles. The van der Waals surface area contributed by atoms with Crippen LogP contribution in [-0.4, -0.2) is 52.7 Å². The number of carbonyl (C=O) groups is 3. The Morgan fingerprint density at radius 2 is 1.80 bits per heavy atom. The van der Waals surface area contributed by atoms with E-state index < -0.39 is 23.4 Å². The van der Waals surface area contributed by atoms with Crippen LogP contribution in [0.1, 0.15) is 43.2 Å². The van der Waals surface area contributed by atoms with E-state index in [1.54, 1.807) is 26.0 Å². The topological polar surface area (TPSA) is 179 Å². The quantitative estimate of drug-likeness (QED) is 0.0738. The molecule has 0 bridgehead atoms. The second-order valence-electron chi connectivity index (χ2n) is 9.80. The minimum Gasteiger partial charge on any atom is -0.397 e. The molecule has 4 aromatic rings. The Labute approximate surface area is 249 Å². The molecule has 12 nitrogen and oxygen atoms in total. The summed E-state index contributed by atoms with van der Waals surface area (Å²) in [6, 6.07) is 10.8. The molecule has 0 atom stereocenters. The van der Waals surface area contributed by atoms with Gasteiger partial charge in [0.1, 0.15) is 17.5 Å². The molecular formula is C30H27F2N9O3. The lowest BCUT2D eigenvalue weighted by atomic mass is 10.1. The molecule has 3 amide bonds. The molecule has 0 saturated carbocycles. The zero-order valence-corrected chi connectivity index (χ0v) is 23.6. The van der Waals surface area contributed by atoms with Crippen molar-refractivity contribution in [2.75, 3.05) is 34.8 Å². The Balaban J connectivity index is 1.13. The number of anilines is 4. The average Bonchev–Trinajstić information content (AvgIpc) is 3.46. The predicted octanol–water partition coefficient (Wildman–Crippen LogP) is 3.76. The van der Waals surface area contributed by atoms with Crippen molar-refractivity contribution in [2.45, 2.75) is 13.8 Å². The van der Waals surface area contributed by atoms with Crippen LogP contribution < -0.4 is 27.0 Å². The van der Waals surface area contributed by atoms with E-state index in [1.807, 2.05) is 0 Å². The third kappa shape index (κ3) is 6.43. The van der Waals surface area contributed by atoms with Crippen LogP contribution in [-0.2, 0) is 4.79 Å². The van der Waals surface area contributed by atoms with E-state index in [2.05, 4.69) is 41.4 Å². The molecule has 44 heavy (non-hydrogen) atoms. The lowest BCUT2D eigenvalue weighted by Gasteiger charge is -2.10. The molecule has 0 fully saturated rings. The fourth-order valence-electron chi connectivity index (χ4n) is 4.54. The van der Waals surface area contributed by atoms with Gasteiger partial charge in [-0.3, -0.25) is 14.4 Å². The monoisotopic (exact) mass is 599 g/mol. The van der Waals surface area contributed by atoms with Gasteiger partial charge < -0.3 is 32.0 Å². The van der Waals surface area contributed by atoms with Gasteiger partial charge in [-0.1, -0.05) is 0 Å². The van der Waals surface area contributed by atoms with Crippen molar-refractivity contribution in [1.29, 1.82) is 0 Å². The van der Waals surface area contributed by atoms with Crippen molar-refractivity contribution < 1.29 is 23.2 Å². The number of aromatic amines is 1. The highest BCUT2D eigenvalue weighted by Gasteiger charge is 2.26. The predicted molar refractivity (Wildman–Crippen MR) is 163 cm³/mol. The number of rotatable bonds is 9. The van der Waals surface area contributed by atoms with Crippen molar-refractivity contribution in [3.05, 3.63) is 100 Å². The van der Waals surface area contributed by atoms with Gasteiger partial charge in [0, 0.05) is 30.5 Å². The fraction of sp³-hybridized carbons (Fsp3) is 0.133. The molecule has 2 aromatic carbocycles. The summed E-state index contributed by atoms with van der Waals surface area (Å²) >= 11 is 0. The standard InChI is InChI=1S/C30H27F2N9O3/c1-15-24(14-37-41-27-20-11-18(31)4-6-22(20)39-30(27)44)38-16(2)26(15)29(43)35-10-9-34-25-8-3-17(13-36-25)28(42)40-23-7-5-19(32)12-21(23)33/h3-8,11-14,38H,9-10,33H2,1-2H3,(H,34,36)(H,35,43)(H,40,42)(H,39,41,44). The highest BCUT2D eigenvalue weighted by atomic mass is 19.1. The van der Waals surface area contributed by atoms with Crippen LogP contribution in [0.25, 0.3) is 0 Å². The summed E-state index contributed by atoms with van der Waals surface area (Å²) in [6.07, 6.45) is 2.77. The number of hydrogen-bond donors (Lipinski definition) is 6. The number of pyridine rings is 1. The highest BCUT2D eigenvalue weighted by Crippen LogP contribution is 2.24. The van der Waals surface area contributed by atoms with Crippen LogP contribution >= 0.6 is 0 Å². The molecule has 0 spiro atoms. The summed E-state index contributed by atoms with van der Waals surface area (Å²) in [7, 11) is 0. The van der Waals surface area contributed by atoms with Gasteiger partial charge in [-0.2, -0.15) is 5.10 Å². The van der Waals surface area contributed by atoms with Gasteiger partial charge in [-0.05, 0) is 67.9 Å². The van der Waals surface area contributed by atoms with Gasteiger partial charge in [0.25, 0.3) is 17.7 Å². The Morgan fingerprint density at radius 1 is 1.02 bits per heavy atom. The summed E-state index contributed by atoms with van der Waals surface area (Å²) in [6.45, 7) is 4.14. The smallest absolute Gasteiger partial charge is 0.276 e. The summed E-state index contributed by atoms with van der Waals surface area (Å²) in [5.74, 6) is -1.75. The number of nitrogens with two attached hydrogens (primary N) is 1. The number of aryl methyl sites for hydroxylation is 1. The van der Waals surface area contributed by atoms with Crippen LogP contribution in [0.5, 0.6) is 0 Å². The van der Waals surface area contributed by atoms with Gasteiger partial charge in [0.15, 0.2) is 5.71 Å². The van der Waals surface area contributed by atoms with Gasteiger partial charge in [0.05, 0.1) is 40.1 Å². The maximum Gasteiger partial charge on any atom is 0.276 e. The first kappa shape index (κ1) is 29.6. The van der Waals surface area contributed by atoms with E-state index in [1.165, 1.54) is 42.7 Å². The van der Waals surface area contributed by atoms with Gasteiger partial charge >= 0.3 is 0 Å². The molecule has 7 N–H and O–H groups in total. The number of nitrogens with one attached hydrogen (secondary N) is 5. The molecule has 1 aliphatic rings. The molecule has 3 heterocycles. The van der Waals surface area contributed by atoms with Crippen LogP contribution in [0.2, 0.25) is 0 Å². The largest absolute Gasteiger partial charge is 0.397 e. The minimum atomic E-state index is -0.503. The van der Waals surface area contributed by atoms with E-state index in [0.29, 0.717) is 46.1 Å². The molecular weight excluding hydrogens is 572 g/mol. The number of halogens is 2. The molecule has 14 heteroatoms. The molecule has 1 aliphatic heterocycles. The van der Waals surface area contributed by atoms with Crippen LogP contribution in [0.4, 0.5) is 31.7 Å². The van der Waals surface area contributed by atoms with E-state index in [-0.39, 0.29) is 35.1 Å². The lowest BCUT2D eigenvalue weighted by Crippen LogP contribution is -2.29. The first-order valence-electron chi connectivity index (χ1n) is 13.4. The molecule has 0 radical (unpaired) electrons. The number of carbonyl (C=O) groups excluding carboxylic acids is 3. The van der Waals surface area contributed by atoms with Crippen LogP contribution in [0.15, 0.2) is 64.9 Å². The molecule has 5 rings (SSSR count). The molecule has 2 aromatic heterocycles. The number of fused-ring (bicyclic) bond motifs is 1. The third-order valence-corrected chi connectivity index (χ3v) is 6.75. The second kappa shape index (κ2) is 12.5. The Morgan fingerprint density at radius 3 is 2.55 bits per heavy atom. The van der Waals surface area contributed by atoms with E-state index in [4.69, 9.17) is 5.73 Å². The zero-order valence-electron chi connectivity index (χ0n) is 23.6. The first-order valence-corrected chi connectivity index (χ1v) is 13.4. The first-order chi connectivity index (χ1) is 21.1.